The highest BCUT2D eigenvalue weighted by molar-refractivity contribution is 5.08. The van der Waals surface area contributed by atoms with Gasteiger partial charge in [0.15, 0.2) is 0 Å². The molecule has 90 valence electrons. The second kappa shape index (κ2) is 4.97. The maximum atomic E-state index is 10.5. The maximum Gasteiger partial charge on any atom is 0.0711 e. The van der Waals surface area contributed by atoms with Gasteiger partial charge in [0.1, 0.15) is 0 Å². The van der Waals surface area contributed by atoms with Crippen LogP contribution in [0.4, 0.5) is 0 Å². The monoisotopic (exact) mass is 224 g/mol. The lowest BCUT2D eigenvalue weighted by molar-refractivity contribution is 0.0188. The van der Waals surface area contributed by atoms with Gasteiger partial charge >= 0.3 is 0 Å². The molecule has 0 spiro atoms. The summed E-state index contributed by atoms with van der Waals surface area (Å²) in [6, 6.07) is 0. The molecule has 0 radical (unpaired) electrons. The Balaban J connectivity index is 2.00. The van der Waals surface area contributed by atoms with Crippen molar-refractivity contribution >= 4 is 0 Å². The zero-order chi connectivity index (χ0) is 11.4. The Hall–Kier alpha value is -0.870. The molecule has 1 aromatic rings. The molecule has 1 atom stereocenters. The van der Waals surface area contributed by atoms with Crippen molar-refractivity contribution in [3.63, 3.8) is 0 Å². The van der Waals surface area contributed by atoms with Crippen molar-refractivity contribution in [2.75, 3.05) is 13.2 Å². The van der Waals surface area contributed by atoms with Gasteiger partial charge in [-0.15, -0.1) is 0 Å². The van der Waals surface area contributed by atoms with E-state index in [1.165, 1.54) is 0 Å². The lowest BCUT2D eigenvalue weighted by Crippen LogP contribution is -2.31. The van der Waals surface area contributed by atoms with Crippen LogP contribution in [0.5, 0.6) is 0 Å². The molecule has 1 N–H and O–H groups in total. The number of nitrogens with zero attached hydrogens (tertiary/aromatic N) is 2. The fourth-order valence-electron chi connectivity index (χ4n) is 2.22. The summed E-state index contributed by atoms with van der Waals surface area (Å²) in [7, 11) is 0. The summed E-state index contributed by atoms with van der Waals surface area (Å²) in [5, 5.41) is 14.7. The van der Waals surface area contributed by atoms with Crippen LogP contribution in [0.15, 0.2) is 12.4 Å². The standard InChI is InChI=1S/C12H20N2O2/c1-2-14-10-11(9-13-14)8-12(15)4-3-6-16-7-5-12/h9-10,15H,2-8H2,1H3. The van der Waals surface area contributed by atoms with E-state index in [4.69, 9.17) is 4.74 Å². The summed E-state index contributed by atoms with van der Waals surface area (Å²) in [5.74, 6) is 0. The molecule has 0 aliphatic carbocycles. The molecule has 0 bridgehead atoms. The molecule has 1 fully saturated rings. The first-order valence-corrected chi connectivity index (χ1v) is 6.03. The summed E-state index contributed by atoms with van der Waals surface area (Å²) in [4.78, 5) is 0. The predicted molar refractivity (Wildman–Crippen MR) is 61.2 cm³/mol. The predicted octanol–water partition coefficient (Wildman–Crippen LogP) is 1.38. The van der Waals surface area contributed by atoms with E-state index in [2.05, 4.69) is 12.0 Å². The number of hydrogen-bond acceptors (Lipinski definition) is 3. The Morgan fingerprint density at radius 3 is 3.12 bits per heavy atom. The van der Waals surface area contributed by atoms with Crippen molar-refractivity contribution in [1.29, 1.82) is 0 Å². The van der Waals surface area contributed by atoms with Gasteiger partial charge in [0, 0.05) is 32.4 Å². The van der Waals surface area contributed by atoms with Crippen LogP contribution in [0, 0.1) is 0 Å². The lowest BCUT2D eigenvalue weighted by atomic mass is 9.89. The van der Waals surface area contributed by atoms with E-state index in [0.29, 0.717) is 13.0 Å². The quantitative estimate of drug-likeness (QED) is 0.843. The number of hydrogen-bond donors (Lipinski definition) is 1. The van der Waals surface area contributed by atoms with Crippen LogP contribution < -0.4 is 0 Å². The van der Waals surface area contributed by atoms with Crippen molar-refractivity contribution in [3.8, 4) is 0 Å². The molecule has 1 aliphatic heterocycles. The van der Waals surface area contributed by atoms with E-state index in [-0.39, 0.29) is 0 Å². The molecule has 0 aromatic carbocycles. The highest BCUT2D eigenvalue weighted by Gasteiger charge is 2.28. The number of aliphatic hydroxyl groups is 1. The minimum Gasteiger partial charge on any atom is -0.389 e. The van der Waals surface area contributed by atoms with Crippen LogP contribution in [0.3, 0.4) is 0 Å². The number of ether oxygens (including phenoxy) is 1. The summed E-state index contributed by atoms with van der Waals surface area (Å²) in [5.41, 5.74) is 0.518. The van der Waals surface area contributed by atoms with Gasteiger partial charge in [-0.2, -0.15) is 5.10 Å². The van der Waals surface area contributed by atoms with E-state index >= 15 is 0 Å². The molecule has 0 saturated carbocycles. The Morgan fingerprint density at radius 1 is 1.50 bits per heavy atom. The number of aromatic nitrogens is 2. The lowest BCUT2D eigenvalue weighted by Gasteiger charge is -2.25. The normalized spacial score (nSPS) is 26.6. The molecule has 1 saturated heterocycles. The zero-order valence-corrected chi connectivity index (χ0v) is 9.85. The van der Waals surface area contributed by atoms with Crippen LogP contribution in [0.1, 0.15) is 31.7 Å². The molecule has 0 amide bonds. The molecule has 1 unspecified atom stereocenters. The van der Waals surface area contributed by atoms with Crippen LogP contribution in [0.25, 0.3) is 0 Å². The van der Waals surface area contributed by atoms with Gasteiger partial charge in [-0.3, -0.25) is 4.68 Å². The largest absolute Gasteiger partial charge is 0.389 e. The molecular formula is C12H20N2O2. The Bertz CT molecular complexity index is 328. The van der Waals surface area contributed by atoms with Crippen LogP contribution >= 0.6 is 0 Å². The van der Waals surface area contributed by atoms with E-state index in [0.717, 1.165) is 38.0 Å². The van der Waals surface area contributed by atoms with Gasteiger partial charge in [-0.25, -0.2) is 0 Å². The minimum absolute atomic E-state index is 0.599. The molecule has 2 rings (SSSR count). The molecule has 16 heavy (non-hydrogen) atoms. The molecule has 4 nitrogen and oxygen atoms in total. The highest BCUT2D eigenvalue weighted by Crippen LogP contribution is 2.25. The maximum absolute atomic E-state index is 10.5. The molecule has 1 aromatic heterocycles. The van der Waals surface area contributed by atoms with E-state index in [9.17, 15) is 5.11 Å². The van der Waals surface area contributed by atoms with Crippen LogP contribution in [-0.2, 0) is 17.7 Å². The van der Waals surface area contributed by atoms with Crippen molar-refractivity contribution in [2.45, 2.75) is 44.8 Å². The fourth-order valence-corrected chi connectivity index (χ4v) is 2.22. The minimum atomic E-state index is -0.599. The van der Waals surface area contributed by atoms with Crippen LogP contribution in [-0.4, -0.2) is 33.7 Å². The van der Waals surface area contributed by atoms with Gasteiger partial charge in [-0.1, -0.05) is 0 Å². The van der Waals surface area contributed by atoms with E-state index in [1.54, 1.807) is 0 Å². The van der Waals surface area contributed by atoms with Gasteiger partial charge in [0.05, 0.1) is 11.8 Å². The van der Waals surface area contributed by atoms with E-state index < -0.39 is 5.60 Å². The Morgan fingerprint density at radius 2 is 2.38 bits per heavy atom. The molecule has 1 aliphatic rings. The summed E-state index contributed by atoms with van der Waals surface area (Å²) < 4.78 is 7.27. The van der Waals surface area contributed by atoms with E-state index in [1.807, 2.05) is 17.1 Å². The first kappa shape index (κ1) is 11.6. The van der Waals surface area contributed by atoms with Crippen molar-refractivity contribution in [1.82, 2.24) is 9.78 Å². The topological polar surface area (TPSA) is 47.3 Å². The Labute approximate surface area is 96.2 Å². The fraction of sp³-hybridized carbons (Fsp3) is 0.750. The molecule has 2 heterocycles. The SMILES string of the molecule is CCn1cc(CC2(O)CCCOCC2)cn1. The van der Waals surface area contributed by atoms with Crippen molar-refractivity contribution < 1.29 is 9.84 Å². The molecular weight excluding hydrogens is 204 g/mol. The first-order valence-electron chi connectivity index (χ1n) is 6.03. The summed E-state index contributed by atoms with van der Waals surface area (Å²) in [6.07, 6.45) is 7.06. The highest BCUT2D eigenvalue weighted by atomic mass is 16.5. The van der Waals surface area contributed by atoms with Gasteiger partial charge in [-0.05, 0) is 31.7 Å². The third-order valence-electron chi connectivity index (χ3n) is 3.19. The average Bonchev–Trinajstić information content (AvgIpc) is 2.60. The summed E-state index contributed by atoms with van der Waals surface area (Å²) in [6.45, 7) is 4.38. The van der Waals surface area contributed by atoms with Crippen LogP contribution in [0.2, 0.25) is 0 Å². The van der Waals surface area contributed by atoms with Gasteiger partial charge in [0.25, 0.3) is 0 Å². The second-order valence-electron chi connectivity index (χ2n) is 4.57. The second-order valence-corrected chi connectivity index (χ2v) is 4.57. The smallest absolute Gasteiger partial charge is 0.0711 e. The number of rotatable bonds is 3. The Kier molecular flexibility index (Phi) is 3.61. The van der Waals surface area contributed by atoms with Gasteiger partial charge in [0.2, 0.25) is 0 Å². The van der Waals surface area contributed by atoms with Gasteiger partial charge < -0.3 is 9.84 Å². The third kappa shape index (κ3) is 2.83. The van der Waals surface area contributed by atoms with Crippen molar-refractivity contribution in [3.05, 3.63) is 18.0 Å². The van der Waals surface area contributed by atoms with Crippen molar-refractivity contribution in [2.24, 2.45) is 0 Å². The first-order chi connectivity index (χ1) is 7.72. The summed E-state index contributed by atoms with van der Waals surface area (Å²) >= 11 is 0. The number of aryl methyl sites for hydroxylation is 1. The molecule has 4 heteroatoms. The zero-order valence-electron chi connectivity index (χ0n) is 9.85. The third-order valence-corrected chi connectivity index (χ3v) is 3.19. The average molecular weight is 224 g/mol.